The van der Waals surface area contributed by atoms with Crippen molar-refractivity contribution in [1.82, 2.24) is 0 Å². The van der Waals surface area contributed by atoms with Crippen molar-refractivity contribution in [3.63, 3.8) is 0 Å². The predicted molar refractivity (Wildman–Crippen MR) is 64.4 cm³/mol. The van der Waals surface area contributed by atoms with Crippen LogP contribution in [0.25, 0.3) is 0 Å². The number of hydrogen-bond acceptors (Lipinski definition) is 1. The van der Waals surface area contributed by atoms with Gasteiger partial charge in [-0.3, -0.25) is 0 Å². The first-order valence-corrected chi connectivity index (χ1v) is 6.03. The van der Waals surface area contributed by atoms with Crippen molar-refractivity contribution in [3.8, 4) is 5.75 Å². The Morgan fingerprint density at radius 1 is 1.40 bits per heavy atom. The van der Waals surface area contributed by atoms with E-state index in [9.17, 15) is 4.39 Å². The normalized spacial score (nSPS) is 11.5. The fraction of sp³-hybridized carbons (Fsp3) is 0.500. The summed E-state index contributed by atoms with van der Waals surface area (Å²) in [4.78, 5) is 0. The van der Waals surface area contributed by atoms with Crippen molar-refractivity contribution in [2.24, 2.45) is 0 Å². The zero-order valence-corrected chi connectivity index (χ0v) is 10.9. The van der Waals surface area contributed by atoms with E-state index in [0.29, 0.717) is 0 Å². The van der Waals surface area contributed by atoms with E-state index in [4.69, 9.17) is 4.74 Å². The molecule has 1 aromatic rings. The molecule has 0 radical (unpaired) electrons. The molecule has 0 aliphatic carbocycles. The SMILES string of the molecule is COc1ccc(F)cc1C(C)(C)CCBr. The van der Waals surface area contributed by atoms with E-state index in [1.54, 1.807) is 19.2 Å². The third kappa shape index (κ3) is 2.94. The van der Waals surface area contributed by atoms with Gasteiger partial charge < -0.3 is 4.74 Å². The van der Waals surface area contributed by atoms with Crippen LogP contribution < -0.4 is 4.74 Å². The summed E-state index contributed by atoms with van der Waals surface area (Å²) in [5.74, 6) is 0.538. The zero-order valence-electron chi connectivity index (χ0n) is 9.31. The minimum atomic E-state index is -0.214. The fourth-order valence-corrected chi connectivity index (χ4v) is 2.57. The molecule has 1 aromatic carbocycles. The van der Waals surface area contributed by atoms with Crippen LogP contribution in [0.1, 0.15) is 25.8 Å². The average Bonchev–Trinajstić information content (AvgIpc) is 2.17. The van der Waals surface area contributed by atoms with Gasteiger partial charge in [-0.05, 0) is 30.0 Å². The molecule has 0 saturated heterocycles. The summed E-state index contributed by atoms with van der Waals surface area (Å²) in [6.45, 7) is 4.18. The molecule has 0 atom stereocenters. The fourth-order valence-electron chi connectivity index (χ4n) is 1.58. The highest BCUT2D eigenvalue weighted by molar-refractivity contribution is 9.09. The molecule has 0 N–H and O–H groups in total. The first kappa shape index (κ1) is 12.5. The molecule has 84 valence electrons. The van der Waals surface area contributed by atoms with Gasteiger partial charge in [0.15, 0.2) is 0 Å². The van der Waals surface area contributed by atoms with Crippen LogP contribution in [0, 0.1) is 5.82 Å². The second kappa shape index (κ2) is 4.97. The molecular formula is C12H16BrFO. The largest absolute Gasteiger partial charge is 0.496 e. The van der Waals surface area contributed by atoms with Gasteiger partial charge in [0.25, 0.3) is 0 Å². The third-order valence-corrected chi connectivity index (χ3v) is 3.01. The van der Waals surface area contributed by atoms with Gasteiger partial charge in [0.1, 0.15) is 11.6 Å². The average molecular weight is 275 g/mol. The smallest absolute Gasteiger partial charge is 0.123 e. The lowest BCUT2D eigenvalue weighted by Gasteiger charge is -2.26. The maximum Gasteiger partial charge on any atom is 0.123 e. The standard InChI is InChI=1S/C12H16BrFO/c1-12(2,6-7-13)10-8-9(14)4-5-11(10)15-3/h4-5,8H,6-7H2,1-3H3. The molecule has 1 rings (SSSR count). The minimum Gasteiger partial charge on any atom is -0.496 e. The molecule has 3 heteroatoms. The predicted octanol–water partition coefficient (Wildman–Crippen LogP) is 3.90. The summed E-state index contributed by atoms with van der Waals surface area (Å²) in [5, 5.41) is 0.889. The summed E-state index contributed by atoms with van der Waals surface area (Å²) in [5.41, 5.74) is 0.834. The Morgan fingerprint density at radius 3 is 2.60 bits per heavy atom. The van der Waals surface area contributed by atoms with Crippen LogP contribution in [0.2, 0.25) is 0 Å². The summed E-state index contributed by atoms with van der Waals surface area (Å²) >= 11 is 3.41. The number of ether oxygens (including phenoxy) is 1. The van der Waals surface area contributed by atoms with E-state index in [1.165, 1.54) is 6.07 Å². The van der Waals surface area contributed by atoms with Crippen molar-refractivity contribution in [2.75, 3.05) is 12.4 Å². The van der Waals surface area contributed by atoms with Crippen LogP contribution >= 0.6 is 15.9 Å². The molecule has 0 amide bonds. The quantitative estimate of drug-likeness (QED) is 0.757. The minimum absolute atomic E-state index is 0.0864. The lowest BCUT2D eigenvalue weighted by atomic mass is 9.81. The second-order valence-electron chi connectivity index (χ2n) is 4.17. The Hall–Kier alpha value is -0.570. The Kier molecular flexibility index (Phi) is 4.14. The molecule has 0 heterocycles. The van der Waals surface area contributed by atoms with Crippen molar-refractivity contribution in [2.45, 2.75) is 25.7 Å². The van der Waals surface area contributed by atoms with Crippen LogP contribution in [0.5, 0.6) is 5.75 Å². The Bertz CT molecular complexity index is 336. The monoisotopic (exact) mass is 274 g/mol. The highest BCUT2D eigenvalue weighted by Crippen LogP contribution is 2.35. The van der Waals surface area contributed by atoms with Crippen LogP contribution in [0.4, 0.5) is 4.39 Å². The van der Waals surface area contributed by atoms with E-state index in [-0.39, 0.29) is 11.2 Å². The maximum atomic E-state index is 13.2. The highest BCUT2D eigenvalue weighted by Gasteiger charge is 2.24. The topological polar surface area (TPSA) is 9.23 Å². The van der Waals surface area contributed by atoms with Gasteiger partial charge in [0.2, 0.25) is 0 Å². The first-order chi connectivity index (χ1) is 7.01. The van der Waals surface area contributed by atoms with E-state index in [0.717, 1.165) is 23.1 Å². The van der Waals surface area contributed by atoms with Gasteiger partial charge >= 0.3 is 0 Å². The van der Waals surface area contributed by atoms with Crippen LogP contribution in [-0.2, 0) is 5.41 Å². The van der Waals surface area contributed by atoms with Gasteiger partial charge in [0, 0.05) is 10.9 Å². The summed E-state index contributed by atoms with van der Waals surface area (Å²) in [6.07, 6.45) is 0.937. The molecule has 0 aliphatic rings. The lowest BCUT2D eigenvalue weighted by molar-refractivity contribution is 0.388. The van der Waals surface area contributed by atoms with Crippen LogP contribution in [0.3, 0.4) is 0 Å². The van der Waals surface area contributed by atoms with Gasteiger partial charge in [-0.1, -0.05) is 29.8 Å². The van der Waals surface area contributed by atoms with Gasteiger partial charge in [-0.15, -0.1) is 0 Å². The molecule has 0 spiro atoms. The molecule has 0 aromatic heterocycles. The van der Waals surface area contributed by atoms with E-state index >= 15 is 0 Å². The third-order valence-electron chi connectivity index (χ3n) is 2.61. The summed E-state index contributed by atoms with van der Waals surface area (Å²) in [7, 11) is 1.61. The molecule has 15 heavy (non-hydrogen) atoms. The van der Waals surface area contributed by atoms with Gasteiger partial charge in [-0.2, -0.15) is 0 Å². The Morgan fingerprint density at radius 2 is 2.07 bits per heavy atom. The number of hydrogen-bond donors (Lipinski definition) is 0. The molecule has 0 bridgehead atoms. The van der Waals surface area contributed by atoms with Crippen LogP contribution in [0.15, 0.2) is 18.2 Å². The number of halogens is 2. The lowest BCUT2D eigenvalue weighted by Crippen LogP contribution is -2.19. The molecule has 0 unspecified atom stereocenters. The van der Waals surface area contributed by atoms with Crippen molar-refractivity contribution in [1.29, 1.82) is 0 Å². The van der Waals surface area contributed by atoms with Crippen molar-refractivity contribution in [3.05, 3.63) is 29.6 Å². The number of benzene rings is 1. The van der Waals surface area contributed by atoms with E-state index in [2.05, 4.69) is 29.8 Å². The molecule has 0 saturated carbocycles. The summed E-state index contributed by atoms with van der Waals surface area (Å²) < 4.78 is 18.4. The highest BCUT2D eigenvalue weighted by atomic mass is 79.9. The number of rotatable bonds is 4. The van der Waals surface area contributed by atoms with E-state index in [1.807, 2.05) is 0 Å². The molecule has 0 fully saturated rings. The van der Waals surface area contributed by atoms with Gasteiger partial charge in [-0.25, -0.2) is 4.39 Å². The number of alkyl halides is 1. The maximum absolute atomic E-state index is 13.2. The molecular weight excluding hydrogens is 259 g/mol. The Balaban J connectivity index is 3.15. The van der Waals surface area contributed by atoms with Crippen molar-refractivity contribution < 1.29 is 9.13 Å². The second-order valence-corrected chi connectivity index (χ2v) is 4.96. The molecule has 0 aliphatic heterocycles. The van der Waals surface area contributed by atoms with E-state index < -0.39 is 0 Å². The Labute approximate surface area is 98.8 Å². The number of methoxy groups -OCH3 is 1. The zero-order chi connectivity index (χ0) is 11.5. The van der Waals surface area contributed by atoms with Gasteiger partial charge in [0.05, 0.1) is 7.11 Å². The first-order valence-electron chi connectivity index (χ1n) is 4.91. The van der Waals surface area contributed by atoms with Crippen LogP contribution in [-0.4, -0.2) is 12.4 Å². The van der Waals surface area contributed by atoms with Crippen molar-refractivity contribution >= 4 is 15.9 Å². The summed E-state index contributed by atoms with van der Waals surface area (Å²) in [6, 6.07) is 4.66. The molecule has 1 nitrogen and oxygen atoms in total.